The Kier molecular flexibility index (Phi) is 4.22. The third-order valence-electron chi connectivity index (χ3n) is 4.10. The quantitative estimate of drug-likeness (QED) is 0.757. The second kappa shape index (κ2) is 5.48. The maximum Gasteiger partial charge on any atom is 0.0109 e. The number of nitrogens with one attached hydrogen (secondary N) is 1. The molecule has 0 saturated carbocycles. The molecule has 2 rings (SSSR count). The predicted octanol–water partition coefficient (Wildman–Crippen LogP) is 1.01. The molecule has 0 aliphatic carbocycles. The van der Waals surface area contributed by atoms with Crippen molar-refractivity contribution in [3.63, 3.8) is 0 Å². The minimum atomic E-state index is 0.515. The molecule has 0 spiro atoms. The van der Waals surface area contributed by atoms with Crippen LogP contribution in [0, 0.1) is 5.41 Å². The SMILES string of the molecule is CN1CCCN(CC2(C)CCCNC2)CC1. The molecule has 0 aromatic carbocycles. The summed E-state index contributed by atoms with van der Waals surface area (Å²) in [4.78, 5) is 5.14. The van der Waals surface area contributed by atoms with Crippen LogP contribution in [0.4, 0.5) is 0 Å². The minimum absolute atomic E-state index is 0.515. The van der Waals surface area contributed by atoms with Crippen molar-refractivity contribution >= 4 is 0 Å². The molecular weight excluding hydrogens is 198 g/mol. The van der Waals surface area contributed by atoms with Gasteiger partial charge in [0, 0.05) is 26.2 Å². The summed E-state index contributed by atoms with van der Waals surface area (Å²) in [6, 6.07) is 0. The van der Waals surface area contributed by atoms with Crippen LogP contribution in [0.2, 0.25) is 0 Å². The van der Waals surface area contributed by atoms with Crippen molar-refractivity contribution in [2.45, 2.75) is 26.2 Å². The van der Waals surface area contributed by atoms with Crippen molar-refractivity contribution < 1.29 is 0 Å². The fraction of sp³-hybridized carbons (Fsp3) is 1.00. The second-order valence-corrected chi connectivity index (χ2v) is 6.02. The van der Waals surface area contributed by atoms with Gasteiger partial charge in [-0.3, -0.25) is 0 Å². The predicted molar refractivity (Wildman–Crippen MR) is 68.8 cm³/mol. The number of rotatable bonds is 2. The number of hydrogen-bond acceptors (Lipinski definition) is 3. The zero-order valence-electron chi connectivity index (χ0n) is 11.0. The van der Waals surface area contributed by atoms with Crippen LogP contribution in [0.3, 0.4) is 0 Å². The van der Waals surface area contributed by atoms with Gasteiger partial charge in [0.15, 0.2) is 0 Å². The average Bonchev–Trinajstić information content (AvgIpc) is 2.44. The maximum absolute atomic E-state index is 3.55. The molecule has 3 heteroatoms. The third-order valence-corrected chi connectivity index (χ3v) is 4.10. The molecule has 0 aromatic rings. The Morgan fingerprint density at radius 2 is 2.00 bits per heavy atom. The van der Waals surface area contributed by atoms with E-state index in [1.807, 2.05) is 0 Å². The Morgan fingerprint density at radius 1 is 1.12 bits per heavy atom. The molecule has 2 saturated heterocycles. The normalized spacial score (nSPS) is 34.9. The summed E-state index contributed by atoms with van der Waals surface area (Å²) in [6.07, 6.45) is 4.08. The third kappa shape index (κ3) is 3.44. The highest BCUT2D eigenvalue weighted by atomic mass is 15.2. The molecule has 1 N–H and O–H groups in total. The van der Waals surface area contributed by atoms with Gasteiger partial charge < -0.3 is 15.1 Å². The highest BCUT2D eigenvalue weighted by molar-refractivity contribution is 4.85. The number of piperidine rings is 1. The van der Waals surface area contributed by atoms with E-state index in [0.717, 1.165) is 0 Å². The van der Waals surface area contributed by atoms with Gasteiger partial charge in [-0.05, 0) is 51.4 Å². The molecule has 1 unspecified atom stereocenters. The lowest BCUT2D eigenvalue weighted by Gasteiger charge is -2.38. The van der Waals surface area contributed by atoms with Crippen molar-refractivity contribution in [1.29, 1.82) is 0 Å². The van der Waals surface area contributed by atoms with Crippen LogP contribution >= 0.6 is 0 Å². The van der Waals surface area contributed by atoms with Gasteiger partial charge in [0.25, 0.3) is 0 Å². The topological polar surface area (TPSA) is 18.5 Å². The molecule has 1 atom stereocenters. The summed E-state index contributed by atoms with van der Waals surface area (Å²) in [5, 5.41) is 3.55. The molecule has 2 heterocycles. The van der Waals surface area contributed by atoms with E-state index in [4.69, 9.17) is 0 Å². The van der Waals surface area contributed by atoms with Crippen molar-refractivity contribution in [3.05, 3.63) is 0 Å². The van der Waals surface area contributed by atoms with Crippen molar-refractivity contribution in [2.24, 2.45) is 5.41 Å². The second-order valence-electron chi connectivity index (χ2n) is 6.02. The summed E-state index contributed by atoms with van der Waals surface area (Å²) in [7, 11) is 2.24. The molecule has 3 nitrogen and oxygen atoms in total. The van der Waals surface area contributed by atoms with Gasteiger partial charge in [-0.1, -0.05) is 6.92 Å². The fourth-order valence-corrected chi connectivity index (χ4v) is 3.05. The van der Waals surface area contributed by atoms with Gasteiger partial charge >= 0.3 is 0 Å². The average molecular weight is 225 g/mol. The minimum Gasteiger partial charge on any atom is -0.316 e. The number of nitrogens with zero attached hydrogens (tertiary/aromatic N) is 2. The number of hydrogen-bond donors (Lipinski definition) is 1. The fourth-order valence-electron chi connectivity index (χ4n) is 3.05. The van der Waals surface area contributed by atoms with Gasteiger partial charge in [0.05, 0.1) is 0 Å². The largest absolute Gasteiger partial charge is 0.316 e. The summed E-state index contributed by atoms with van der Waals surface area (Å²) in [5.74, 6) is 0. The van der Waals surface area contributed by atoms with E-state index in [1.54, 1.807) is 0 Å². The zero-order chi connectivity index (χ0) is 11.4. The lowest BCUT2D eigenvalue weighted by Crippen LogP contribution is -2.46. The first-order chi connectivity index (χ1) is 7.68. The molecule has 16 heavy (non-hydrogen) atoms. The Hall–Kier alpha value is -0.120. The smallest absolute Gasteiger partial charge is 0.0109 e. The van der Waals surface area contributed by atoms with Crippen molar-refractivity contribution in [2.75, 3.05) is 52.9 Å². The lowest BCUT2D eigenvalue weighted by molar-refractivity contribution is 0.136. The van der Waals surface area contributed by atoms with E-state index < -0.39 is 0 Å². The first-order valence-electron chi connectivity index (χ1n) is 6.80. The van der Waals surface area contributed by atoms with Crippen LogP contribution in [0.25, 0.3) is 0 Å². The first-order valence-corrected chi connectivity index (χ1v) is 6.80. The molecule has 2 fully saturated rings. The first kappa shape index (κ1) is 12.3. The molecule has 2 aliphatic heterocycles. The van der Waals surface area contributed by atoms with Crippen LogP contribution < -0.4 is 5.32 Å². The molecule has 0 aromatic heterocycles. The monoisotopic (exact) mass is 225 g/mol. The highest BCUT2D eigenvalue weighted by Gasteiger charge is 2.29. The number of likely N-dealkylation sites (N-methyl/N-ethyl adjacent to an activating group) is 1. The van der Waals surface area contributed by atoms with Gasteiger partial charge in [-0.15, -0.1) is 0 Å². The molecule has 0 amide bonds. The van der Waals surface area contributed by atoms with Crippen molar-refractivity contribution in [1.82, 2.24) is 15.1 Å². The molecule has 2 aliphatic rings. The van der Waals surface area contributed by atoms with Crippen LogP contribution in [-0.2, 0) is 0 Å². The zero-order valence-corrected chi connectivity index (χ0v) is 11.0. The van der Waals surface area contributed by atoms with Gasteiger partial charge in [0.1, 0.15) is 0 Å². The Balaban J connectivity index is 1.83. The Bertz CT molecular complexity index is 211. The van der Waals surface area contributed by atoms with Crippen LogP contribution in [0.1, 0.15) is 26.2 Å². The highest BCUT2D eigenvalue weighted by Crippen LogP contribution is 2.26. The van der Waals surface area contributed by atoms with E-state index in [-0.39, 0.29) is 0 Å². The summed E-state index contributed by atoms with van der Waals surface area (Å²) < 4.78 is 0. The summed E-state index contributed by atoms with van der Waals surface area (Å²) >= 11 is 0. The molecule has 94 valence electrons. The van der Waals surface area contributed by atoms with Crippen LogP contribution in [-0.4, -0.2) is 62.7 Å². The Labute approximate surface area is 100 Å². The van der Waals surface area contributed by atoms with Crippen molar-refractivity contribution in [3.8, 4) is 0 Å². The van der Waals surface area contributed by atoms with Gasteiger partial charge in [-0.2, -0.15) is 0 Å². The Morgan fingerprint density at radius 3 is 2.75 bits per heavy atom. The van der Waals surface area contributed by atoms with Crippen LogP contribution in [0.5, 0.6) is 0 Å². The van der Waals surface area contributed by atoms with Gasteiger partial charge in [-0.25, -0.2) is 0 Å². The molecular formula is C13H27N3. The summed E-state index contributed by atoms with van der Waals surface area (Å²) in [5.41, 5.74) is 0.515. The standard InChI is InChI=1S/C13H27N3/c1-13(5-3-6-14-11-13)12-16-8-4-7-15(2)9-10-16/h14H,3-12H2,1-2H3. The van der Waals surface area contributed by atoms with Gasteiger partial charge in [0.2, 0.25) is 0 Å². The van der Waals surface area contributed by atoms with Crippen LogP contribution in [0.15, 0.2) is 0 Å². The lowest BCUT2D eigenvalue weighted by atomic mass is 9.82. The molecule has 0 bridgehead atoms. The summed E-state index contributed by atoms with van der Waals surface area (Å²) in [6.45, 7) is 11.2. The molecule has 0 radical (unpaired) electrons. The van der Waals surface area contributed by atoms with E-state index in [1.165, 1.54) is 65.1 Å². The van der Waals surface area contributed by atoms with E-state index in [2.05, 4.69) is 29.1 Å². The van der Waals surface area contributed by atoms with E-state index in [0.29, 0.717) is 5.41 Å². The van der Waals surface area contributed by atoms with E-state index >= 15 is 0 Å². The maximum atomic E-state index is 3.55. The van der Waals surface area contributed by atoms with E-state index in [9.17, 15) is 0 Å².